The Balaban J connectivity index is 2.20. The van der Waals surface area contributed by atoms with Crippen molar-refractivity contribution in [3.8, 4) is 0 Å². The Morgan fingerprint density at radius 3 is 2.55 bits per heavy atom. The van der Waals surface area contributed by atoms with Crippen LogP contribution < -0.4 is 5.32 Å². The van der Waals surface area contributed by atoms with Crippen LogP contribution in [-0.2, 0) is 9.05 Å². The van der Waals surface area contributed by atoms with Gasteiger partial charge in [0.05, 0.1) is 10.5 Å². The van der Waals surface area contributed by atoms with Crippen LogP contribution in [0.15, 0.2) is 17.0 Å². The molecule has 1 aliphatic carbocycles. The van der Waals surface area contributed by atoms with Crippen molar-refractivity contribution < 1.29 is 22.0 Å². The summed E-state index contributed by atoms with van der Waals surface area (Å²) in [6.45, 7) is 0.336. The van der Waals surface area contributed by atoms with E-state index in [0.29, 0.717) is 18.5 Å². The van der Waals surface area contributed by atoms with Gasteiger partial charge in [-0.15, -0.1) is 0 Å². The van der Waals surface area contributed by atoms with Crippen molar-refractivity contribution in [2.45, 2.75) is 24.2 Å². The fourth-order valence-electron chi connectivity index (χ4n) is 1.76. The number of benzene rings is 1. The minimum absolute atomic E-state index is 0.336. The van der Waals surface area contributed by atoms with E-state index in [2.05, 4.69) is 5.32 Å². The van der Waals surface area contributed by atoms with Gasteiger partial charge in [-0.3, -0.25) is 4.79 Å². The second-order valence-corrected chi connectivity index (χ2v) is 7.26. The summed E-state index contributed by atoms with van der Waals surface area (Å²) in [4.78, 5) is 11.1. The van der Waals surface area contributed by atoms with E-state index in [9.17, 15) is 22.0 Å². The van der Waals surface area contributed by atoms with Gasteiger partial charge in [0, 0.05) is 17.2 Å². The normalized spacial score (nSPS) is 15.2. The van der Waals surface area contributed by atoms with Crippen molar-refractivity contribution in [1.82, 2.24) is 5.32 Å². The molecular weight excluding hydrogens is 312 g/mol. The van der Waals surface area contributed by atoms with Crippen LogP contribution in [0.2, 0.25) is 0 Å². The van der Waals surface area contributed by atoms with Crippen molar-refractivity contribution in [3.05, 3.63) is 29.3 Å². The quantitative estimate of drug-likeness (QED) is 0.846. The van der Waals surface area contributed by atoms with Gasteiger partial charge in [-0.1, -0.05) is 12.8 Å². The molecule has 2 rings (SSSR count). The maximum atomic E-state index is 13.5. The van der Waals surface area contributed by atoms with Gasteiger partial charge in [0.25, 0.3) is 15.0 Å². The van der Waals surface area contributed by atoms with Crippen LogP contribution in [0.3, 0.4) is 0 Å². The number of halogens is 3. The molecule has 0 bridgehead atoms. The third-order valence-corrected chi connectivity index (χ3v) is 4.40. The minimum Gasteiger partial charge on any atom is -0.352 e. The van der Waals surface area contributed by atoms with Crippen LogP contribution in [0.5, 0.6) is 0 Å². The van der Waals surface area contributed by atoms with E-state index in [1.54, 1.807) is 0 Å². The van der Waals surface area contributed by atoms with Gasteiger partial charge in [-0.05, 0) is 24.5 Å². The van der Waals surface area contributed by atoms with E-state index < -0.39 is 37.1 Å². The highest BCUT2D eigenvalue weighted by molar-refractivity contribution is 8.13. The van der Waals surface area contributed by atoms with Crippen molar-refractivity contribution in [2.75, 3.05) is 6.54 Å². The molecule has 0 saturated heterocycles. The first-order valence-corrected chi connectivity index (χ1v) is 8.32. The summed E-state index contributed by atoms with van der Waals surface area (Å²) < 4.78 is 49.1. The first-order valence-electron chi connectivity index (χ1n) is 6.01. The van der Waals surface area contributed by atoms with Crippen molar-refractivity contribution >= 4 is 25.6 Å². The van der Waals surface area contributed by atoms with Gasteiger partial charge >= 0.3 is 0 Å². The second kappa shape index (κ2) is 5.65. The molecule has 1 fully saturated rings. The molecule has 1 aliphatic rings. The van der Waals surface area contributed by atoms with Gasteiger partial charge in [0.15, 0.2) is 11.6 Å². The predicted molar refractivity (Wildman–Crippen MR) is 69.1 cm³/mol. The van der Waals surface area contributed by atoms with Crippen molar-refractivity contribution in [1.29, 1.82) is 0 Å². The van der Waals surface area contributed by atoms with Gasteiger partial charge in [-0.25, -0.2) is 17.2 Å². The Bertz CT molecular complexity index is 644. The number of amides is 1. The molecular formula is C12H12ClF2NO3S. The Hall–Kier alpha value is -1.21. The zero-order chi connectivity index (χ0) is 14.9. The lowest BCUT2D eigenvalue weighted by atomic mass is 10.2. The van der Waals surface area contributed by atoms with Crippen molar-refractivity contribution in [3.63, 3.8) is 0 Å². The van der Waals surface area contributed by atoms with E-state index in [1.165, 1.54) is 0 Å². The summed E-state index contributed by atoms with van der Waals surface area (Å²) in [5.74, 6) is -3.10. The molecule has 1 N–H and O–H groups in total. The van der Waals surface area contributed by atoms with Gasteiger partial charge in [0.2, 0.25) is 0 Å². The van der Waals surface area contributed by atoms with Gasteiger partial charge in [-0.2, -0.15) is 0 Å². The smallest absolute Gasteiger partial charge is 0.261 e. The molecule has 1 saturated carbocycles. The van der Waals surface area contributed by atoms with Crippen LogP contribution in [0.4, 0.5) is 8.78 Å². The topological polar surface area (TPSA) is 63.2 Å². The largest absolute Gasteiger partial charge is 0.352 e. The van der Waals surface area contributed by atoms with E-state index in [1.807, 2.05) is 0 Å². The lowest BCUT2D eigenvalue weighted by Gasteiger charge is -2.07. The van der Waals surface area contributed by atoms with Gasteiger partial charge < -0.3 is 5.32 Å². The maximum Gasteiger partial charge on any atom is 0.261 e. The summed E-state index contributed by atoms with van der Waals surface area (Å²) in [6.07, 6.45) is 2.99. The van der Waals surface area contributed by atoms with Crippen LogP contribution in [0.25, 0.3) is 0 Å². The first kappa shape index (κ1) is 15.2. The highest BCUT2D eigenvalue weighted by Crippen LogP contribution is 2.31. The summed E-state index contributed by atoms with van der Waals surface area (Å²) in [5.41, 5.74) is -0.667. The molecule has 1 aromatic rings. The number of carbonyl (C=O) groups is 1. The third kappa shape index (κ3) is 3.67. The van der Waals surface area contributed by atoms with Crippen LogP contribution in [-0.4, -0.2) is 20.9 Å². The molecule has 110 valence electrons. The second-order valence-electron chi connectivity index (χ2n) is 4.69. The predicted octanol–water partition coefficient (Wildman–Crippen LogP) is 2.42. The van der Waals surface area contributed by atoms with E-state index in [-0.39, 0.29) is 0 Å². The highest BCUT2D eigenvalue weighted by Gasteiger charge is 2.23. The average Bonchev–Trinajstić information content (AvgIpc) is 3.15. The SMILES string of the molecule is O=C(NCCC1CC1)c1cc(S(=O)(=O)Cl)cc(F)c1F. The van der Waals surface area contributed by atoms with Crippen molar-refractivity contribution in [2.24, 2.45) is 5.92 Å². The molecule has 0 unspecified atom stereocenters. The monoisotopic (exact) mass is 323 g/mol. The average molecular weight is 324 g/mol. The zero-order valence-electron chi connectivity index (χ0n) is 10.3. The molecule has 0 aromatic heterocycles. The standard InChI is InChI=1S/C12H12ClF2NO3S/c13-20(18,19)8-5-9(11(15)10(14)6-8)12(17)16-4-3-7-1-2-7/h5-7H,1-4H2,(H,16,17). The lowest BCUT2D eigenvalue weighted by molar-refractivity contribution is 0.0947. The Morgan fingerprint density at radius 1 is 1.35 bits per heavy atom. The fourth-order valence-corrected chi connectivity index (χ4v) is 2.53. The zero-order valence-corrected chi connectivity index (χ0v) is 11.9. The molecule has 4 nitrogen and oxygen atoms in total. The number of hydrogen-bond donors (Lipinski definition) is 1. The number of hydrogen-bond acceptors (Lipinski definition) is 3. The molecule has 0 aliphatic heterocycles. The fraction of sp³-hybridized carbons (Fsp3) is 0.417. The molecule has 1 aromatic carbocycles. The Kier molecular flexibility index (Phi) is 4.29. The Labute approximate surface area is 119 Å². The first-order chi connectivity index (χ1) is 9.29. The van der Waals surface area contributed by atoms with E-state index >= 15 is 0 Å². The molecule has 8 heteroatoms. The summed E-state index contributed by atoms with van der Waals surface area (Å²) >= 11 is 0. The van der Waals surface area contributed by atoms with Crippen LogP contribution in [0.1, 0.15) is 29.6 Å². The van der Waals surface area contributed by atoms with E-state index in [4.69, 9.17) is 10.7 Å². The molecule has 0 radical (unpaired) electrons. The number of carbonyl (C=O) groups excluding carboxylic acids is 1. The summed E-state index contributed by atoms with van der Waals surface area (Å²) in [6, 6.07) is 1.17. The molecule has 20 heavy (non-hydrogen) atoms. The molecule has 0 heterocycles. The van der Waals surface area contributed by atoms with Crippen LogP contribution >= 0.6 is 10.7 Å². The summed E-state index contributed by atoms with van der Waals surface area (Å²) in [5, 5.41) is 2.43. The molecule has 1 amide bonds. The third-order valence-electron chi connectivity index (χ3n) is 3.06. The molecule has 0 atom stereocenters. The maximum absolute atomic E-state index is 13.5. The highest BCUT2D eigenvalue weighted by atomic mass is 35.7. The summed E-state index contributed by atoms with van der Waals surface area (Å²) in [7, 11) is 0.829. The van der Waals surface area contributed by atoms with E-state index in [0.717, 1.165) is 25.3 Å². The number of nitrogens with one attached hydrogen (secondary N) is 1. The van der Waals surface area contributed by atoms with Crippen LogP contribution in [0, 0.1) is 17.6 Å². The number of rotatable bonds is 5. The Morgan fingerprint density at radius 2 is 2.00 bits per heavy atom. The van der Waals surface area contributed by atoms with Gasteiger partial charge in [0.1, 0.15) is 0 Å². The molecule has 0 spiro atoms. The minimum atomic E-state index is -4.24. The lowest BCUT2D eigenvalue weighted by Crippen LogP contribution is -2.26.